The van der Waals surface area contributed by atoms with E-state index in [1.54, 1.807) is 14.1 Å². The van der Waals surface area contributed by atoms with Crippen LogP contribution >= 0.6 is 0 Å². The molecule has 0 bridgehead atoms. The van der Waals surface area contributed by atoms with Gasteiger partial charge in [-0.05, 0) is 43.6 Å². The minimum atomic E-state index is -0.927. The molecule has 0 saturated carbocycles. The van der Waals surface area contributed by atoms with Crippen molar-refractivity contribution in [1.29, 1.82) is 0 Å². The molecule has 13 heteroatoms. The van der Waals surface area contributed by atoms with Gasteiger partial charge in [-0.25, -0.2) is 0 Å². The maximum absolute atomic E-state index is 11.7. The van der Waals surface area contributed by atoms with Crippen LogP contribution in [0.15, 0.2) is 24.3 Å². The smallest absolute Gasteiger partial charge is 0.307 e. The third kappa shape index (κ3) is 38.6. The number of carboxylic acids is 1. The summed E-state index contributed by atoms with van der Waals surface area (Å²) in [6, 6.07) is 7.72. The quantitative estimate of drug-likeness (QED) is 0.0892. The van der Waals surface area contributed by atoms with Crippen molar-refractivity contribution < 1.29 is 43.3 Å². The van der Waals surface area contributed by atoms with E-state index in [2.05, 4.69) is 26.0 Å². The Labute approximate surface area is 296 Å². The van der Waals surface area contributed by atoms with Gasteiger partial charge in [0.1, 0.15) is 25.5 Å². The molecule has 0 saturated heterocycles. The van der Waals surface area contributed by atoms with Crippen LogP contribution < -0.4 is 21.3 Å². The normalized spacial score (nSPS) is 11.0. The Kier molecular flexibility index (Phi) is 49.5. The molecule has 0 radical (unpaired) electrons. The van der Waals surface area contributed by atoms with Crippen LogP contribution in [0.25, 0.3) is 0 Å². The molecule has 0 aromatic heterocycles. The van der Waals surface area contributed by atoms with Gasteiger partial charge in [-0.1, -0.05) is 80.4 Å². The van der Waals surface area contributed by atoms with Crippen LogP contribution in [0.5, 0.6) is 0 Å². The molecule has 3 unspecified atom stereocenters. The summed E-state index contributed by atoms with van der Waals surface area (Å²) in [7, 11) is 5.38. The zero-order chi connectivity index (χ0) is 38.9. The van der Waals surface area contributed by atoms with E-state index in [1.807, 2.05) is 86.7 Å². The fourth-order valence-corrected chi connectivity index (χ4v) is 3.50. The second kappa shape index (κ2) is 44.3. The molecule has 0 spiro atoms. The molecule has 1 amide bonds. The molecule has 0 aliphatic carbocycles. The molecule has 5 N–H and O–H groups in total. The van der Waals surface area contributed by atoms with Gasteiger partial charge >= 0.3 is 5.97 Å². The van der Waals surface area contributed by atoms with Gasteiger partial charge in [-0.3, -0.25) is 14.4 Å². The maximum atomic E-state index is 11.7. The molecule has 3 atom stereocenters. The largest absolute Gasteiger partial charge is 0.481 e. The second-order valence-electron chi connectivity index (χ2n) is 10.1. The third-order valence-electron chi connectivity index (χ3n) is 6.15. The predicted molar refractivity (Wildman–Crippen MR) is 198 cm³/mol. The minimum absolute atomic E-state index is 0.00909. The molecule has 0 heterocycles. The monoisotopic (exact) mass is 700 g/mol. The average molecular weight is 701 g/mol. The van der Waals surface area contributed by atoms with E-state index >= 15 is 0 Å². The van der Waals surface area contributed by atoms with Crippen molar-refractivity contribution in [2.24, 2.45) is 17.8 Å². The summed E-state index contributed by atoms with van der Waals surface area (Å²) >= 11 is 0. The lowest BCUT2D eigenvalue weighted by molar-refractivity contribution is -0.146. The SMILES string of the molecule is CC.CC.CCCC(C)C(CC(=O)NCCOCCC=O)C(=O)O.CNC(C=O)C(C)C.CNCC=O.CNc1ccc(COC=O)cc1. The number of ether oxygens (including phenoxy) is 2. The minimum Gasteiger partial charge on any atom is -0.481 e. The van der Waals surface area contributed by atoms with E-state index in [0.717, 1.165) is 43.0 Å². The second-order valence-corrected chi connectivity index (χ2v) is 10.1. The lowest BCUT2D eigenvalue weighted by atomic mass is 9.87. The summed E-state index contributed by atoms with van der Waals surface area (Å²) in [4.78, 5) is 62.2. The van der Waals surface area contributed by atoms with Crippen LogP contribution in [-0.4, -0.2) is 95.8 Å². The van der Waals surface area contributed by atoms with Crippen molar-refractivity contribution in [2.45, 2.75) is 93.7 Å². The summed E-state index contributed by atoms with van der Waals surface area (Å²) in [6.45, 7) is 18.1. The van der Waals surface area contributed by atoms with Crippen molar-refractivity contribution in [3.05, 3.63) is 29.8 Å². The number of carbonyl (C=O) groups is 6. The van der Waals surface area contributed by atoms with Crippen LogP contribution in [0.1, 0.15) is 86.6 Å². The lowest BCUT2D eigenvalue weighted by Crippen LogP contribution is -2.33. The highest BCUT2D eigenvalue weighted by molar-refractivity contribution is 5.82. The number of anilines is 1. The van der Waals surface area contributed by atoms with Crippen LogP contribution in [0.3, 0.4) is 0 Å². The molecule has 286 valence electrons. The number of hydrogen-bond donors (Lipinski definition) is 5. The number of carboxylic acid groups (broad SMARTS) is 1. The topological polar surface area (TPSA) is 189 Å². The molecule has 1 aromatic carbocycles. The van der Waals surface area contributed by atoms with Gasteiger partial charge in [0, 0.05) is 32.1 Å². The van der Waals surface area contributed by atoms with Gasteiger partial charge in [0.25, 0.3) is 6.47 Å². The van der Waals surface area contributed by atoms with Gasteiger partial charge in [0.05, 0.1) is 31.7 Å². The molecule has 0 aliphatic rings. The van der Waals surface area contributed by atoms with Gasteiger partial charge in [-0.2, -0.15) is 0 Å². The maximum Gasteiger partial charge on any atom is 0.307 e. The van der Waals surface area contributed by atoms with Gasteiger partial charge < -0.3 is 50.2 Å². The molecular formula is C36H68N4O9. The molecule has 13 nitrogen and oxygen atoms in total. The summed E-state index contributed by atoms with van der Waals surface area (Å²) in [5.74, 6) is -1.47. The van der Waals surface area contributed by atoms with Crippen LogP contribution in [0, 0.1) is 17.8 Å². The summed E-state index contributed by atoms with van der Waals surface area (Å²) < 4.78 is 9.69. The fraction of sp³-hybridized carbons (Fsp3) is 0.667. The Balaban J connectivity index is -0.000000188. The predicted octanol–water partition coefficient (Wildman–Crippen LogP) is 4.52. The number of nitrogens with one attached hydrogen (secondary N) is 4. The van der Waals surface area contributed by atoms with E-state index in [4.69, 9.17) is 9.84 Å². The number of amides is 1. The Hall–Kier alpha value is -3.68. The van der Waals surface area contributed by atoms with E-state index in [1.165, 1.54) is 0 Å². The van der Waals surface area contributed by atoms with Crippen LogP contribution in [-0.2, 0) is 44.8 Å². The number of hydrogen-bond acceptors (Lipinski definition) is 11. The summed E-state index contributed by atoms with van der Waals surface area (Å²) in [5, 5.41) is 20.3. The first-order chi connectivity index (χ1) is 23.5. The number of aliphatic carboxylic acids is 1. The molecular weight excluding hydrogens is 632 g/mol. The number of carbonyl (C=O) groups excluding carboxylic acids is 5. The third-order valence-corrected chi connectivity index (χ3v) is 6.15. The van der Waals surface area contributed by atoms with Crippen molar-refractivity contribution >= 4 is 42.9 Å². The Bertz CT molecular complexity index is 901. The van der Waals surface area contributed by atoms with Crippen molar-refractivity contribution in [2.75, 3.05) is 52.8 Å². The number of benzene rings is 1. The first-order valence-electron chi connectivity index (χ1n) is 17.1. The number of rotatable bonds is 21. The fourth-order valence-electron chi connectivity index (χ4n) is 3.50. The summed E-state index contributed by atoms with van der Waals surface area (Å²) in [6.07, 6.45) is 4.54. The van der Waals surface area contributed by atoms with Crippen LogP contribution in [0.4, 0.5) is 5.69 Å². The number of aldehydes is 3. The first kappa shape index (κ1) is 54.8. The Morgan fingerprint density at radius 3 is 1.84 bits per heavy atom. The van der Waals surface area contributed by atoms with Crippen molar-refractivity contribution in [1.82, 2.24) is 16.0 Å². The molecule has 0 aliphatic heterocycles. The Morgan fingerprint density at radius 2 is 1.49 bits per heavy atom. The molecule has 0 fully saturated rings. The van der Waals surface area contributed by atoms with Gasteiger partial charge in [0.2, 0.25) is 5.91 Å². The zero-order valence-corrected chi connectivity index (χ0v) is 32.0. The standard InChI is InChI=1S/C14H25NO5.C9H11NO2.C6H13NO.C3H7NO.2C2H6/c1-3-5-11(2)12(14(18)19)10-13(17)15-6-9-20-8-4-7-16;1-10-9-4-2-8(3-5-9)6-12-7-11;1-5(2)6(4-8)7-3;1-4-2-3-5;2*1-2/h7,11-12H,3-6,8-10H2,1-2H3,(H,15,17)(H,18,19);2-5,7,10H,6H2,1H3;4-7H,1-3H3;3-4H,2H2,1H3;2*1-2H3. The average Bonchev–Trinajstić information content (AvgIpc) is 3.11. The highest BCUT2D eigenvalue weighted by Crippen LogP contribution is 2.21. The van der Waals surface area contributed by atoms with E-state index < -0.39 is 11.9 Å². The Morgan fingerprint density at radius 1 is 0.898 bits per heavy atom. The molecule has 1 aromatic rings. The van der Waals surface area contributed by atoms with Gasteiger partial charge in [-0.15, -0.1) is 0 Å². The van der Waals surface area contributed by atoms with Crippen molar-refractivity contribution in [3.8, 4) is 0 Å². The number of likely N-dealkylation sites (N-methyl/N-ethyl adjacent to an activating group) is 2. The lowest BCUT2D eigenvalue weighted by Gasteiger charge is -2.19. The van der Waals surface area contributed by atoms with Crippen molar-refractivity contribution in [3.63, 3.8) is 0 Å². The highest BCUT2D eigenvalue weighted by Gasteiger charge is 2.26. The first-order valence-corrected chi connectivity index (χ1v) is 17.1. The van der Waals surface area contributed by atoms with Crippen LogP contribution in [0.2, 0.25) is 0 Å². The van der Waals surface area contributed by atoms with E-state index in [0.29, 0.717) is 51.7 Å². The van der Waals surface area contributed by atoms with E-state index in [-0.39, 0.29) is 24.3 Å². The highest BCUT2D eigenvalue weighted by atomic mass is 16.5. The molecule has 49 heavy (non-hydrogen) atoms. The molecule has 1 rings (SSSR count). The summed E-state index contributed by atoms with van der Waals surface area (Å²) in [5.41, 5.74) is 2.03. The van der Waals surface area contributed by atoms with E-state index in [9.17, 15) is 28.8 Å². The zero-order valence-electron chi connectivity index (χ0n) is 32.0. The van der Waals surface area contributed by atoms with Gasteiger partial charge in [0.15, 0.2) is 0 Å².